The van der Waals surface area contributed by atoms with Gasteiger partial charge in [-0.15, -0.1) is 0 Å². The SMILES string of the molecule is CCOc1cc(/C=C2\SC(=S)N(CC)C2=O)cc(Cl)c1OCc1ccc(Cl)cc1Cl. The Morgan fingerprint density at radius 3 is 2.50 bits per heavy atom. The first-order chi connectivity index (χ1) is 14.3. The Balaban J connectivity index is 1.88. The molecule has 0 aromatic heterocycles. The second-order valence-electron chi connectivity index (χ2n) is 6.21. The van der Waals surface area contributed by atoms with Crippen molar-refractivity contribution in [2.45, 2.75) is 20.5 Å². The van der Waals surface area contributed by atoms with Crippen molar-refractivity contribution in [1.29, 1.82) is 0 Å². The van der Waals surface area contributed by atoms with Crippen molar-refractivity contribution in [3.8, 4) is 11.5 Å². The van der Waals surface area contributed by atoms with Gasteiger partial charge in [0.05, 0.1) is 16.5 Å². The molecule has 0 unspecified atom stereocenters. The van der Waals surface area contributed by atoms with E-state index < -0.39 is 0 Å². The predicted octanol–water partition coefficient (Wildman–Crippen LogP) is 6.85. The van der Waals surface area contributed by atoms with Crippen molar-refractivity contribution in [3.05, 3.63) is 61.4 Å². The van der Waals surface area contributed by atoms with Crippen molar-refractivity contribution in [1.82, 2.24) is 4.90 Å². The largest absolute Gasteiger partial charge is 0.490 e. The molecule has 1 saturated heterocycles. The van der Waals surface area contributed by atoms with Crippen LogP contribution in [0.5, 0.6) is 11.5 Å². The molecule has 1 fully saturated rings. The maximum atomic E-state index is 12.5. The summed E-state index contributed by atoms with van der Waals surface area (Å²) < 4.78 is 12.2. The van der Waals surface area contributed by atoms with E-state index in [-0.39, 0.29) is 12.5 Å². The van der Waals surface area contributed by atoms with Crippen LogP contribution in [0.4, 0.5) is 0 Å². The summed E-state index contributed by atoms with van der Waals surface area (Å²) in [6.45, 7) is 4.91. The molecule has 2 aromatic rings. The van der Waals surface area contributed by atoms with E-state index in [1.54, 1.807) is 41.3 Å². The van der Waals surface area contributed by atoms with Gasteiger partial charge in [-0.1, -0.05) is 64.8 Å². The third-order valence-electron chi connectivity index (χ3n) is 4.21. The van der Waals surface area contributed by atoms with Gasteiger partial charge < -0.3 is 9.47 Å². The van der Waals surface area contributed by atoms with Gasteiger partial charge in [0, 0.05) is 22.2 Å². The first kappa shape index (κ1) is 23.2. The van der Waals surface area contributed by atoms with E-state index in [1.165, 1.54) is 11.8 Å². The molecule has 9 heteroatoms. The second kappa shape index (κ2) is 10.2. The van der Waals surface area contributed by atoms with Gasteiger partial charge in [0.15, 0.2) is 11.5 Å². The Morgan fingerprint density at radius 1 is 1.10 bits per heavy atom. The van der Waals surface area contributed by atoms with Crippen LogP contribution in [0.3, 0.4) is 0 Å². The molecule has 0 radical (unpaired) electrons. The molecule has 0 spiro atoms. The summed E-state index contributed by atoms with van der Waals surface area (Å²) in [7, 11) is 0. The van der Waals surface area contributed by atoms with E-state index in [1.807, 2.05) is 13.8 Å². The Hall–Kier alpha value is -1.44. The summed E-state index contributed by atoms with van der Waals surface area (Å²) in [5, 5.41) is 1.42. The van der Waals surface area contributed by atoms with Crippen molar-refractivity contribution < 1.29 is 14.3 Å². The van der Waals surface area contributed by atoms with Crippen molar-refractivity contribution in [3.63, 3.8) is 0 Å². The summed E-state index contributed by atoms with van der Waals surface area (Å²) in [4.78, 5) is 14.6. The van der Waals surface area contributed by atoms with E-state index >= 15 is 0 Å². The molecule has 0 saturated carbocycles. The molecular formula is C21H18Cl3NO3S2. The molecular weight excluding hydrogens is 485 g/mol. The molecule has 30 heavy (non-hydrogen) atoms. The van der Waals surface area contributed by atoms with Crippen LogP contribution in [0.25, 0.3) is 6.08 Å². The zero-order valence-corrected chi connectivity index (χ0v) is 20.1. The Morgan fingerprint density at radius 2 is 1.87 bits per heavy atom. The van der Waals surface area contributed by atoms with Gasteiger partial charge in [-0.25, -0.2) is 0 Å². The molecule has 1 aliphatic rings. The van der Waals surface area contributed by atoms with Gasteiger partial charge in [-0.05, 0) is 49.8 Å². The number of amides is 1. The number of benzene rings is 2. The third kappa shape index (κ3) is 5.24. The molecule has 1 amide bonds. The average Bonchev–Trinajstić information content (AvgIpc) is 2.95. The van der Waals surface area contributed by atoms with E-state index in [9.17, 15) is 4.79 Å². The monoisotopic (exact) mass is 501 g/mol. The number of rotatable bonds is 7. The maximum Gasteiger partial charge on any atom is 0.266 e. The number of carbonyl (C=O) groups is 1. The number of hydrogen-bond donors (Lipinski definition) is 0. The smallest absolute Gasteiger partial charge is 0.266 e. The number of thioether (sulfide) groups is 1. The molecule has 158 valence electrons. The summed E-state index contributed by atoms with van der Waals surface area (Å²) in [5.41, 5.74) is 1.49. The predicted molar refractivity (Wildman–Crippen MR) is 129 cm³/mol. The van der Waals surface area contributed by atoms with E-state index in [0.717, 1.165) is 11.1 Å². The molecule has 0 bridgehead atoms. The number of thiocarbonyl (C=S) groups is 1. The van der Waals surface area contributed by atoms with E-state index in [2.05, 4.69) is 0 Å². The van der Waals surface area contributed by atoms with Crippen LogP contribution >= 0.6 is 58.8 Å². The van der Waals surface area contributed by atoms with Crippen molar-refractivity contribution in [2.24, 2.45) is 0 Å². The fraction of sp³-hybridized carbons (Fsp3) is 0.238. The van der Waals surface area contributed by atoms with Gasteiger partial charge in [-0.3, -0.25) is 9.69 Å². The standard InChI is InChI=1S/C21H18Cl3NO3S2/c1-3-25-20(26)18(30-21(25)29)9-12-7-16(24)19(17(8-12)27-4-2)28-11-13-5-6-14(22)10-15(13)23/h5-10H,3-4,11H2,1-2H3/b18-9-. The number of ether oxygens (including phenoxy) is 2. The van der Waals surface area contributed by atoms with Gasteiger partial charge in [0.25, 0.3) is 5.91 Å². The number of carbonyl (C=O) groups excluding carboxylic acids is 1. The molecule has 1 aliphatic heterocycles. The fourth-order valence-electron chi connectivity index (χ4n) is 2.79. The normalized spacial score (nSPS) is 15.2. The van der Waals surface area contributed by atoms with Crippen LogP contribution in [-0.4, -0.2) is 28.3 Å². The minimum Gasteiger partial charge on any atom is -0.490 e. The van der Waals surface area contributed by atoms with Crippen LogP contribution in [0, 0.1) is 0 Å². The van der Waals surface area contributed by atoms with Gasteiger partial charge >= 0.3 is 0 Å². The van der Waals surface area contributed by atoms with Gasteiger partial charge in [0.1, 0.15) is 10.9 Å². The maximum absolute atomic E-state index is 12.5. The van der Waals surface area contributed by atoms with E-state index in [4.69, 9.17) is 56.5 Å². The number of nitrogens with zero attached hydrogens (tertiary/aromatic N) is 1. The van der Waals surface area contributed by atoms with Crippen molar-refractivity contribution in [2.75, 3.05) is 13.2 Å². The Bertz CT molecular complexity index is 1030. The lowest BCUT2D eigenvalue weighted by atomic mass is 10.1. The first-order valence-electron chi connectivity index (χ1n) is 9.12. The number of halogens is 3. The quantitative estimate of drug-likeness (QED) is 0.306. The molecule has 2 aromatic carbocycles. The lowest BCUT2D eigenvalue weighted by molar-refractivity contribution is -0.121. The fourth-order valence-corrected chi connectivity index (χ4v) is 4.91. The zero-order chi connectivity index (χ0) is 21.8. The minimum absolute atomic E-state index is 0.112. The van der Waals surface area contributed by atoms with Crippen molar-refractivity contribution >= 4 is 75.1 Å². The summed E-state index contributed by atoms with van der Waals surface area (Å²) in [6, 6.07) is 8.70. The van der Waals surface area contributed by atoms with Crippen LogP contribution < -0.4 is 9.47 Å². The van der Waals surface area contributed by atoms with Crippen LogP contribution in [0.1, 0.15) is 25.0 Å². The molecule has 4 nitrogen and oxygen atoms in total. The zero-order valence-electron chi connectivity index (χ0n) is 16.2. The minimum atomic E-state index is -0.112. The highest BCUT2D eigenvalue weighted by atomic mass is 35.5. The average molecular weight is 503 g/mol. The number of likely N-dealkylation sites (N-methyl/N-ethyl adjacent to an activating group) is 1. The molecule has 1 heterocycles. The number of hydrogen-bond acceptors (Lipinski definition) is 5. The molecule has 3 rings (SSSR count). The summed E-state index contributed by atoms with van der Waals surface area (Å²) >= 11 is 25.2. The highest BCUT2D eigenvalue weighted by molar-refractivity contribution is 8.26. The lowest BCUT2D eigenvalue weighted by Crippen LogP contribution is -2.27. The van der Waals surface area contributed by atoms with Crippen LogP contribution in [0.2, 0.25) is 15.1 Å². The Labute approximate surface area is 200 Å². The topological polar surface area (TPSA) is 38.8 Å². The second-order valence-corrected chi connectivity index (χ2v) is 9.14. The third-order valence-corrected chi connectivity index (χ3v) is 6.45. The summed E-state index contributed by atoms with van der Waals surface area (Å²) in [5.74, 6) is 0.773. The van der Waals surface area contributed by atoms with Crippen LogP contribution in [-0.2, 0) is 11.4 Å². The molecule has 0 aliphatic carbocycles. The van der Waals surface area contributed by atoms with E-state index in [0.29, 0.717) is 48.9 Å². The lowest BCUT2D eigenvalue weighted by Gasteiger charge is -2.15. The molecule has 0 atom stereocenters. The van der Waals surface area contributed by atoms with Crippen LogP contribution in [0.15, 0.2) is 35.2 Å². The van der Waals surface area contributed by atoms with Gasteiger partial charge in [-0.2, -0.15) is 0 Å². The first-order valence-corrected chi connectivity index (χ1v) is 11.5. The highest BCUT2D eigenvalue weighted by Crippen LogP contribution is 2.40. The Kier molecular flexibility index (Phi) is 7.93. The summed E-state index contributed by atoms with van der Waals surface area (Å²) in [6.07, 6.45) is 1.75. The molecule has 0 N–H and O–H groups in total. The highest BCUT2D eigenvalue weighted by Gasteiger charge is 2.30. The van der Waals surface area contributed by atoms with Gasteiger partial charge in [0.2, 0.25) is 0 Å².